The molecule has 0 aliphatic heterocycles. The van der Waals surface area contributed by atoms with Crippen molar-refractivity contribution in [2.45, 2.75) is 11.8 Å². The largest absolute Gasteiger partial charge is 0.495 e. The minimum Gasteiger partial charge on any atom is -0.495 e. The standard InChI is InChI=1S/C22H21NO4S/c1-15-7-10-20(26-2)19(11-15)23-21(24)13-27-22(25)14-28-18-9-8-16-5-3-4-6-17(16)12-18/h3-12H,13-14H2,1-2H3,(H,23,24). The highest BCUT2D eigenvalue weighted by molar-refractivity contribution is 8.00. The molecule has 0 heterocycles. The summed E-state index contributed by atoms with van der Waals surface area (Å²) < 4.78 is 10.3. The van der Waals surface area contributed by atoms with Gasteiger partial charge < -0.3 is 14.8 Å². The average Bonchev–Trinajstić information content (AvgIpc) is 2.70. The van der Waals surface area contributed by atoms with Crippen LogP contribution >= 0.6 is 11.8 Å². The molecule has 0 fully saturated rings. The van der Waals surface area contributed by atoms with Crippen LogP contribution in [0, 0.1) is 6.92 Å². The van der Waals surface area contributed by atoms with E-state index in [2.05, 4.69) is 5.32 Å². The van der Waals surface area contributed by atoms with Gasteiger partial charge in [-0.3, -0.25) is 9.59 Å². The summed E-state index contributed by atoms with van der Waals surface area (Å²) in [6.07, 6.45) is 0. The summed E-state index contributed by atoms with van der Waals surface area (Å²) in [6, 6.07) is 19.5. The number of amides is 1. The Kier molecular flexibility index (Phi) is 6.55. The summed E-state index contributed by atoms with van der Waals surface area (Å²) in [6.45, 7) is 1.58. The molecule has 3 rings (SSSR count). The molecule has 5 nitrogen and oxygen atoms in total. The summed E-state index contributed by atoms with van der Waals surface area (Å²) in [5.74, 6) is -0.158. The molecule has 0 spiro atoms. The van der Waals surface area contributed by atoms with Crippen molar-refractivity contribution in [3.63, 3.8) is 0 Å². The van der Waals surface area contributed by atoms with E-state index in [0.717, 1.165) is 21.2 Å². The minimum absolute atomic E-state index is 0.138. The number of aryl methyl sites for hydroxylation is 1. The Morgan fingerprint density at radius 3 is 2.57 bits per heavy atom. The maximum atomic E-state index is 12.1. The van der Waals surface area contributed by atoms with Crippen molar-refractivity contribution in [2.75, 3.05) is 24.8 Å². The highest BCUT2D eigenvalue weighted by atomic mass is 32.2. The van der Waals surface area contributed by atoms with Crippen LogP contribution in [0.15, 0.2) is 65.6 Å². The van der Waals surface area contributed by atoms with E-state index in [1.165, 1.54) is 18.9 Å². The van der Waals surface area contributed by atoms with Gasteiger partial charge in [-0.25, -0.2) is 0 Å². The topological polar surface area (TPSA) is 64.6 Å². The van der Waals surface area contributed by atoms with E-state index in [1.54, 1.807) is 12.1 Å². The zero-order valence-electron chi connectivity index (χ0n) is 15.7. The molecule has 1 N–H and O–H groups in total. The van der Waals surface area contributed by atoms with E-state index < -0.39 is 11.9 Å². The molecule has 28 heavy (non-hydrogen) atoms. The van der Waals surface area contributed by atoms with Gasteiger partial charge in [0.2, 0.25) is 0 Å². The molecule has 1 amide bonds. The smallest absolute Gasteiger partial charge is 0.316 e. The zero-order chi connectivity index (χ0) is 19.9. The van der Waals surface area contributed by atoms with Crippen molar-refractivity contribution >= 4 is 40.1 Å². The molecule has 144 valence electrons. The molecule has 6 heteroatoms. The zero-order valence-corrected chi connectivity index (χ0v) is 16.5. The van der Waals surface area contributed by atoms with Crippen LogP contribution in [0.1, 0.15) is 5.56 Å². The third kappa shape index (κ3) is 5.27. The Morgan fingerprint density at radius 2 is 1.79 bits per heavy atom. The lowest BCUT2D eigenvalue weighted by atomic mass is 10.1. The average molecular weight is 395 g/mol. The number of fused-ring (bicyclic) bond motifs is 1. The van der Waals surface area contributed by atoms with Crippen molar-refractivity contribution in [2.24, 2.45) is 0 Å². The molecule has 3 aromatic rings. The lowest BCUT2D eigenvalue weighted by molar-refractivity contribution is -0.144. The Balaban J connectivity index is 1.48. The Morgan fingerprint density at radius 1 is 1.00 bits per heavy atom. The summed E-state index contributed by atoms with van der Waals surface area (Å²) in [5, 5.41) is 4.97. The number of methoxy groups -OCH3 is 1. The van der Waals surface area contributed by atoms with E-state index in [-0.39, 0.29) is 12.4 Å². The predicted molar refractivity (Wildman–Crippen MR) is 112 cm³/mol. The Labute approximate surface area is 168 Å². The molecule has 0 atom stereocenters. The number of hydrogen-bond donors (Lipinski definition) is 1. The third-order valence-electron chi connectivity index (χ3n) is 4.07. The maximum absolute atomic E-state index is 12.1. The van der Waals surface area contributed by atoms with Gasteiger partial charge in [0.15, 0.2) is 6.61 Å². The highest BCUT2D eigenvalue weighted by Gasteiger charge is 2.11. The number of hydrogen-bond acceptors (Lipinski definition) is 5. The lowest BCUT2D eigenvalue weighted by Crippen LogP contribution is -2.22. The van der Waals surface area contributed by atoms with Gasteiger partial charge in [-0.2, -0.15) is 0 Å². The van der Waals surface area contributed by atoms with Gasteiger partial charge in [0.1, 0.15) is 5.75 Å². The normalized spacial score (nSPS) is 10.5. The second kappa shape index (κ2) is 9.28. The SMILES string of the molecule is COc1ccc(C)cc1NC(=O)COC(=O)CSc1ccc2ccccc2c1. The van der Waals surface area contributed by atoms with E-state index in [9.17, 15) is 9.59 Å². The summed E-state index contributed by atoms with van der Waals surface area (Å²) >= 11 is 1.38. The van der Waals surface area contributed by atoms with Crippen molar-refractivity contribution in [3.05, 3.63) is 66.2 Å². The summed E-state index contributed by atoms with van der Waals surface area (Å²) in [7, 11) is 1.53. The second-order valence-corrected chi connectivity index (χ2v) is 7.26. The molecule has 0 saturated heterocycles. The summed E-state index contributed by atoms with van der Waals surface area (Å²) in [4.78, 5) is 25.0. The fraction of sp³-hybridized carbons (Fsp3) is 0.182. The number of ether oxygens (including phenoxy) is 2. The first-order valence-electron chi connectivity index (χ1n) is 8.77. The second-order valence-electron chi connectivity index (χ2n) is 6.21. The van der Waals surface area contributed by atoms with Crippen LogP contribution in [-0.2, 0) is 14.3 Å². The van der Waals surface area contributed by atoms with Crippen LogP contribution in [0.3, 0.4) is 0 Å². The van der Waals surface area contributed by atoms with E-state index in [0.29, 0.717) is 11.4 Å². The van der Waals surface area contributed by atoms with Crippen molar-refractivity contribution in [3.8, 4) is 5.75 Å². The molecule has 0 aliphatic carbocycles. The highest BCUT2D eigenvalue weighted by Crippen LogP contribution is 2.25. The summed E-state index contributed by atoms with van der Waals surface area (Å²) in [5.41, 5.74) is 1.54. The lowest BCUT2D eigenvalue weighted by Gasteiger charge is -2.11. The van der Waals surface area contributed by atoms with Crippen molar-refractivity contribution in [1.82, 2.24) is 0 Å². The van der Waals surface area contributed by atoms with Gasteiger partial charge in [0, 0.05) is 4.90 Å². The fourth-order valence-corrected chi connectivity index (χ4v) is 3.44. The first kappa shape index (κ1) is 19.8. The number of rotatable bonds is 7. The number of carbonyl (C=O) groups is 2. The van der Waals surface area contributed by atoms with Gasteiger partial charge in [-0.15, -0.1) is 11.8 Å². The number of benzene rings is 3. The first-order chi connectivity index (χ1) is 13.5. The quantitative estimate of drug-likeness (QED) is 0.474. The van der Waals surface area contributed by atoms with Crippen LogP contribution in [-0.4, -0.2) is 31.3 Å². The predicted octanol–water partition coefficient (Wildman–Crippen LogP) is 4.43. The minimum atomic E-state index is -0.440. The first-order valence-corrected chi connectivity index (χ1v) is 9.75. The van der Waals surface area contributed by atoms with Gasteiger partial charge in [-0.05, 0) is 47.5 Å². The molecular formula is C22H21NO4S. The molecule has 0 saturated carbocycles. The van der Waals surface area contributed by atoms with Crippen molar-refractivity contribution < 1.29 is 19.1 Å². The van der Waals surface area contributed by atoms with Crippen molar-refractivity contribution in [1.29, 1.82) is 0 Å². The van der Waals surface area contributed by atoms with Crippen LogP contribution in [0.4, 0.5) is 5.69 Å². The van der Waals surface area contributed by atoms with Crippen LogP contribution in [0.2, 0.25) is 0 Å². The molecular weight excluding hydrogens is 374 g/mol. The molecule has 0 bridgehead atoms. The molecule has 0 aromatic heterocycles. The number of carbonyl (C=O) groups excluding carboxylic acids is 2. The van der Waals surface area contributed by atoms with E-state index >= 15 is 0 Å². The molecule has 0 unspecified atom stereocenters. The Bertz CT molecular complexity index is 1000. The van der Waals surface area contributed by atoms with Crippen LogP contribution in [0.5, 0.6) is 5.75 Å². The number of anilines is 1. The fourth-order valence-electron chi connectivity index (χ4n) is 2.69. The monoisotopic (exact) mass is 395 g/mol. The number of nitrogens with one attached hydrogen (secondary N) is 1. The third-order valence-corrected chi connectivity index (χ3v) is 5.04. The molecule has 3 aromatic carbocycles. The van der Waals surface area contributed by atoms with Gasteiger partial charge in [0.05, 0.1) is 18.6 Å². The molecule has 0 aliphatic rings. The van der Waals surface area contributed by atoms with Gasteiger partial charge in [0.25, 0.3) is 5.91 Å². The van der Waals surface area contributed by atoms with Crippen LogP contribution in [0.25, 0.3) is 10.8 Å². The number of thioether (sulfide) groups is 1. The number of esters is 1. The molecule has 0 radical (unpaired) electrons. The van der Waals surface area contributed by atoms with Crippen LogP contribution < -0.4 is 10.1 Å². The maximum Gasteiger partial charge on any atom is 0.316 e. The Hall–Kier alpha value is -2.99. The van der Waals surface area contributed by atoms with Gasteiger partial charge >= 0.3 is 5.97 Å². The van der Waals surface area contributed by atoms with E-state index in [1.807, 2.05) is 55.5 Å². The van der Waals surface area contributed by atoms with Gasteiger partial charge in [-0.1, -0.05) is 36.4 Å². The van der Waals surface area contributed by atoms with E-state index in [4.69, 9.17) is 9.47 Å².